The van der Waals surface area contributed by atoms with Gasteiger partial charge in [0.15, 0.2) is 0 Å². The summed E-state index contributed by atoms with van der Waals surface area (Å²) >= 11 is 9.46. The minimum atomic E-state index is 0.353. The molecule has 1 heterocycles. The highest BCUT2D eigenvalue weighted by atomic mass is 79.9. The lowest BCUT2D eigenvalue weighted by atomic mass is 9.89. The van der Waals surface area contributed by atoms with Gasteiger partial charge in [-0.3, -0.25) is 0 Å². The molecule has 0 saturated heterocycles. The Morgan fingerprint density at radius 1 is 1.38 bits per heavy atom. The van der Waals surface area contributed by atoms with E-state index in [2.05, 4.69) is 31.2 Å². The molecule has 0 spiro atoms. The molecule has 16 heavy (non-hydrogen) atoms. The molecule has 0 bridgehead atoms. The summed E-state index contributed by atoms with van der Waals surface area (Å²) in [5, 5.41) is 3.61. The lowest BCUT2D eigenvalue weighted by molar-refractivity contribution is 0.378. The van der Waals surface area contributed by atoms with Gasteiger partial charge in [-0.1, -0.05) is 6.42 Å². The van der Waals surface area contributed by atoms with Crippen molar-refractivity contribution < 1.29 is 0 Å². The zero-order chi connectivity index (χ0) is 11.4. The van der Waals surface area contributed by atoms with Gasteiger partial charge < -0.3 is 5.32 Å². The maximum Gasteiger partial charge on any atom is 0.222 e. The van der Waals surface area contributed by atoms with Gasteiger partial charge in [-0.05, 0) is 41.1 Å². The molecule has 2 rings (SSSR count). The lowest BCUT2D eigenvalue weighted by Gasteiger charge is -2.25. The predicted octanol–water partition coefficient (Wildman–Crippen LogP) is 3.45. The van der Waals surface area contributed by atoms with Crippen molar-refractivity contribution in [1.29, 1.82) is 0 Å². The molecule has 2 unspecified atom stereocenters. The Balaban J connectivity index is 1.80. The summed E-state index contributed by atoms with van der Waals surface area (Å²) < 4.78 is 0.900. The van der Waals surface area contributed by atoms with Crippen LogP contribution in [0.4, 0.5) is 5.95 Å². The number of anilines is 1. The first kappa shape index (κ1) is 12.1. The fourth-order valence-electron chi connectivity index (χ4n) is 2.05. The summed E-state index contributed by atoms with van der Waals surface area (Å²) in [5.74, 6) is 1.35. The van der Waals surface area contributed by atoms with E-state index in [-0.39, 0.29) is 0 Å². The van der Waals surface area contributed by atoms with Crippen molar-refractivity contribution in [2.24, 2.45) is 5.92 Å². The maximum atomic E-state index is 6.15. The molecule has 5 heteroatoms. The number of nitrogens with zero attached hydrogens (tertiary/aromatic N) is 2. The van der Waals surface area contributed by atoms with Gasteiger partial charge >= 0.3 is 0 Å². The fourth-order valence-corrected chi connectivity index (χ4v) is 2.66. The van der Waals surface area contributed by atoms with E-state index < -0.39 is 0 Å². The normalized spacial score (nSPS) is 25.4. The molecule has 0 radical (unpaired) electrons. The van der Waals surface area contributed by atoms with Crippen LogP contribution in [0.3, 0.4) is 0 Å². The van der Waals surface area contributed by atoms with E-state index in [0.717, 1.165) is 23.9 Å². The van der Waals surface area contributed by atoms with Crippen LogP contribution in [0.5, 0.6) is 0 Å². The molecule has 1 aliphatic carbocycles. The van der Waals surface area contributed by atoms with Crippen molar-refractivity contribution in [3.63, 3.8) is 0 Å². The van der Waals surface area contributed by atoms with Gasteiger partial charge in [-0.2, -0.15) is 0 Å². The third-order valence-corrected chi connectivity index (χ3v) is 3.69. The minimum Gasteiger partial charge on any atom is -0.354 e. The summed E-state index contributed by atoms with van der Waals surface area (Å²) in [6.07, 6.45) is 8.26. The molecule has 1 aliphatic rings. The SMILES string of the molecule is ClC1CCCC(CNc2ncc(Br)cn2)C1. The monoisotopic (exact) mass is 303 g/mol. The summed E-state index contributed by atoms with van der Waals surface area (Å²) in [7, 11) is 0. The highest BCUT2D eigenvalue weighted by Crippen LogP contribution is 2.27. The Morgan fingerprint density at radius 3 is 2.81 bits per heavy atom. The third-order valence-electron chi connectivity index (χ3n) is 2.89. The summed E-state index contributed by atoms with van der Waals surface area (Å²) in [6.45, 7) is 0.921. The summed E-state index contributed by atoms with van der Waals surface area (Å²) in [5.41, 5.74) is 0. The number of halogens is 2. The van der Waals surface area contributed by atoms with Gasteiger partial charge in [0.1, 0.15) is 0 Å². The molecule has 1 N–H and O–H groups in total. The molecular formula is C11H15BrClN3. The first-order valence-corrected chi connectivity index (χ1v) is 6.82. The zero-order valence-electron chi connectivity index (χ0n) is 9.00. The van der Waals surface area contributed by atoms with E-state index in [0.29, 0.717) is 17.2 Å². The van der Waals surface area contributed by atoms with E-state index in [1.807, 2.05) is 0 Å². The second kappa shape index (κ2) is 5.82. The summed E-state index contributed by atoms with van der Waals surface area (Å²) in [6, 6.07) is 0. The molecular weight excluding hydrogens is 289 g/mol. The van der Waals surface area contributed by atoms with E-state index in [4.69, 9.17) is 11.6 Å². The van der Waals surface area contributed by atoms with Gasteiger partial charge in [0, 0.05) is 24.3 Å². The van der Waals surface area contributed by atoms with E-state index in [1.165, 1.54) is 12.8 Å². The van der Waals surface area contributed by atoms with Gasteiger partial charge in [-0.25, -0.2) is 9.97 Å². The first-order chi connectivity index (χ1) is 7.74. The molecule has 0 amide bonds. The molecule has 1 aromatic rings. The van der Waals surface area contributed by atoms with Crippen molar-refractivity contribution in [3.05, 3.63) is 16.9 Å². The Labute approximate surface area is 109 Å². The second-order valence-electron chi connectivity index (χ2n) is 4.24. The fraction of sp³-hybridized carbons (Fsp3) is 0.636. The molecule has 88 valence electrons. The van der Waals surface area contributed by atoms with E-state index >= 15 is 0 Å². The van der Waals surface area contributed by atoms with Gasteiger partial charge in [-0.15, -0.1) is 11.6 Å². The Bertz CT molecular complexity index is 331. The molecule has 2 atom stereocenters. The number of aromatic nitrogens is 2. The molecule has 0 aliphatic heterocycles. The van der Waals surface area contributed by atoms with Crippen molar-refractivity contribution in [2.45, 2.75) is 31.1 Å². The third kappa shape index (κ3) is 3.59. The van der Waals surface area contributed by atoms with Gasteiger partial charge in [0.2, 0.25) is 5.95 Å². The van der Waals surface area contributed by atoms with Crippen molar-refractivity contribution in [1.82, 2.24) is 9.97 Å². The second-order valence-corrected chi connectivity index (χ2v) is 5.77. The highest BCUT2D eigenvalue weighted by molar-refractivity contribution is 9.10. The minimum absolute atomic E-state index is 0.353. The Kier molecular flexibility index (Phi) is 4.41. The van der Waals surface area contributed by atoms with Gasteiger partial charge in [0.25, 0.3) is 0 Å². The summed E-state index contributed by atoms with van der Waals surface area (Å²) in [4.78, 5) is 8.36. The van der Waals surface area contributed by atoms with Crippen LogP contribution in [0, 0.1) is 5.92 Å². The number of alkyl halides is 1. The van der Waals surface area contributed by atoms with Crippen LogP contribution in [0.1, 0.15) is 25.7 Å². The van der Waals surface area contributed by atoms with Crippen LogP contribution in [0.15, 0.2) is 16.9 Å². The lowest BCUT2D eigenvalue weighted by Crippen LogP contribution is -2.23. The maximum absolute atomic E-state index is 6.15. The smallest absolute Gasteiger partial charge is 0.222 e. The number of hydrogen-bond acceptors (Lipinski definition) is 3. The molecule has 1 aromatic heterocycles. The first-order valence-electron chi connectivity index (χ1n) is 5.59. The van der Waals surface area contributed by atoms with Crippen LogP contribution in [-0.2, 0) is 0 Å². The van der Waals surface area contributed by atoms with E-state index in [1.54, 1.807) is 12.4 Å². The molecule has 0 aromatic carbocycles. The molecule has 3 nitrogen and oxygen atoms in total. The van der Waals surface area contributed by atoms with Crippen molar-refractivity contribution in [3.8, 4) is 0 Å². The quantitative estimate of drug-likeness (QED) is 0.869. The predicted molar refractivity (Wildman–Crippen MR) is 69.8 cm³/mol. The average molecular weight is 305 g/mol. The zero-order valence-corrected chi connectivity index (χ0v) is 11.3. The van der Waals surface area contributed by atoms with Crippen LogP contribution < -0.4 is 5.32 Å². The van der Waals surface area contributed by atoms with Crippen LogP contribution >= 0.6 is 27.5 Å². The van der Waals surface area contributed by atoms with Crippen LogP contribution in [-0.4, -0.2) is 21.9 Å². The molecule has 1 saturated carbocycles. The largest absolute Gasteiger partial charge is 0.354 e. The highest BCUT2D eigenvalue weighted by Gasteiger charge is 2.19. The Morgan fingerprint density at radius 2 is 2.12 bits per heavy atom. The van der Waals surface area contributed by atoms with Crippen molar-refractivity contribution in [2.75, 3.05) is 11.9 Å². The van der Waals surface area contributed by atoms with Gasteiger partial charge in [0.05, 0.1) is 4.47 Å². The Hall–Kier alpha value is -0.350. The van der Waals surface area contributed by atoms with Crippen LogP contribution in [0.25, 0.3) is 0 Å². The topological polar surface area (TPSA) is 37.8 Å². The molecule has 1 fully saturated rings. The standard InChI is InChI=1S/C11H15BrClN3/c12-9-6-15-11(16-7-9)14-5-8-2-1-3-10(13)4-8/h6-8,10H,1-5H2,(H,14,15,16). The van der Waals surface area contributed by atoms with Crippen molar-refractivity contribution >= 4 is 33.5 Å². The number of nitrogens with one attached hydrogen (secondary N) is 1. The number of hydrogen-bond donors (Lipinski definition) is 1. The van der Waals surface area contributed by atoms with E-state index in [9.17, 15) is 0 Å². The average Bonchev–Trinajstić information content (AvgIpc) is 2.28. The number of rotatable bonds is 3. The van der Waals surface area contributed by atoms with Crippen LogP contribution in [0.2, 0.25) is 0 Å².